The van der Waals surface area contributed by atoms with Crippen molar-refractivity contribution >= 4 is 16.9 Å². The van der Waals surface area contributed by atoms with Gasteiger partial charge in [-0.05, 0) is 39.0 Å². The van der Waals surface area contributed by atoms with Crippen LogP contribution >= 0.6 is 0 Å². The highest BCUT2D eigenvalue weighted by Gasteiger charge is 2.58. The first-order chi connectivity index (χ1) is 11.0. The summed E-state index contributed by atoms with van der Waals surface area (Å²) in [4.78, 5) is 20.9. The van der Waals surface area contributed by atoms with Crippen LogP contribution in [0.4, 0.5) is 13.2 Å². The zero-order chi connectivity index (χ0) is 17.8. The number of nitrogens with zero attached hydrogens (tertiary/aromatic N) is 2. The summed E-state index contributed by atoms with van der Waals surface area (Å²) in [5, 5.41) is 0. The van der Waals surface area contributed by atoms with Gasteiger partial charge in [-0.25, -0.2) is 4.98 Å². The third-order valence-corrected chi connectivity index (χ3v) is 4.12. The van der Waals surface area contributed by atoms with Crippen molar-refractivity contribution in [3.8, 4) is 0 Å². The highest BCUT2D eigenvalue weighted by atomic mass is 19.4. The van der Waals surface area contributed by atoms with Crippen molar-refractivity contribution in [3.05, 3.63) is 30.1 Å². The number of imidazole rings is 1. The van der Waals surface area contributed by atoms with E-state index in [0.717, 1.165) is 6.92 Å². The molecule has 1 aliphatic heterocycles. The van der Waals surface area contributed by atoms with Gasteiger partial charge >= 0.3 is 6.18 Å². The molecule has 2 heterocycles. The van der Waals surface area contributed by atoms with E-state index in [-0.39, 0.29) is 6.54 Å². The number of carbonyl (C=O) groups excluding carboxylic acids is 1. The number of morpholine rings is 1. The van der Waals surface area contributed by atoms with Crippen LogP contribution in [0, 0.1) is 0 Å². The maximum Gasteiger partial charge on any atom is 0.418 e. The minimum Gasteiger partial charge on any atom is -0.356 e. The van der Waals surface area contributed by atoms with Crippen molar-refractivity contribution < 1.29 is 22.7 Å². The molecule has 24 heavy (non-hydrogen) atoms. The molecule has 1 atom stereocenters. The Hall–Kier alpha value is -2.09. The third kappa shape index (κ3) is 2.86. The Bertz CT molecular complexity index is 784. The van der Waals surface area contributed by atoms with E-state index in [1.54, 1.807) is 32.0 Å². The number of rotatable bonds is 1. The van der Waals surface area contributed by atoms with Gasteiger partial charge in [0.05, 0.1) is 29.5 Å². The molecule has 8 heteroatoms. The van der Waals surface area contributed by atoms with Crippen molar-refractivity contribution in [2.24, 2.45) is 0 Å². The van der Waals surface area contributed by atoms with E-state index in [0.29, 0.717) is 16.6 Å². The molecule has 1 saturated heterocycles. The van der Waals surface area contributed by atoms with Crippen LogP contribution in [-0.2, 0) is 4.74 Å². The summed E-state index contributed by atoms with van der Waals surface area (Å²) in [5.74, 6) is -0.460. The zero-order valence-electron chi connectivity index (χ0n) is 13.6. The molecule has 5 nitrogen and oxygen atoms in total. The summed E-state index contributed by atoms with van der Waals surface area (Å²) < 4.78 is 45.5. The van der Waals surface area contributed by atoms with Crippen molar-refractivity contribution in [1.82, 2.24) is 14.9 Å². The smallest absolute Gasteiger partial charge is 0.356 e. The topological polar surface area (TPSA) is 58.2 Å². The molecule has 0 saturated carbocycles. The lowest BCUT2D eigenvalue weighted by Crippen LogP contribution is -2.65. The zero-order valence-corrected chi connectivity index (χ0v) is 13.6. The first-order valence-electron chi connectivity index (χ1n) is 7.50. The van der Waals surface area contributed by atoms with Crippen LogP contribution in [-0.4, -0.2) is 51.2 Å². The molecule has 1 amide bonds. The Morgan fingerprint density at radius 3 is 2.67 bits per heavy atom. The number of ether oxygens (including phenoxy) is 1. The van der Waals surface area contributed by atoms with E-state index in [9.17, 15) is 18.0 Å². The van der Waals surface area contributed by atoms with Gasteiger partial charge in [-0.3, -0.25) is 4.79 Å². The molecule has 1 unspecified atom stereocenters. The number of aromatic amines is 1. The summed E-state index contributed by atoms with van der Waals surface area (Å²) in [6.07, 6.45) is -3.08. The van der Waals surface area contributed by atoms with E-state index >= 15 is 0 Å². The molecular weight excluding hydrogens is 323 g/mol. The van der Waals surface area contributed by atoms with Crippen LogP contribution in [0.1, 0.15) is 31.1 Å². The van der Waals surface area contributed by atoms with Crippen molar-refractivity contribution in [2.75, 3.05) is 13.1 Å². The number of halogens is 3. The molecule has 2 aromatic rings. The molecule has 0 spiro atoms. The number of aromatic nitrogens is 2. The number of fused-ring (bicyclic) bond motifs is 1. The second kappa shape index (κ2) is 5.20. The molecule has 0 bridgehead atoms. The number of nitrogens with one attached hydrogen (secondary N) is 1. The summed E-state index contributed by atoms with van der Waals surface area (Å²) >= 11 is 0. The first-order valence-corrected chi connectivity index (χ1v) is 7.50. The van der Waals surface area contributed by atoms with Gasteiger partial charge in [0.25, 0.3) is 5.91 Å². The predicted molar refractivity (Wildman–Crippen MR) is 81.6 cm³/mol. The molecule has 0 radical (unpaired) electrons. The summed E-state index contributed by atoms with van der Waals surface area (Å²) in [6.45, 7) is 3.62. The fourth-order valence-corrected chi connectivity index (χ4v) is 3.10. The molecule has 0 aliphatic carbocycles. The van der Waals surface area contributed by atoms with Gasteiger partial charge in [-0.2, -0.15) is 13.2 Å². The lowest BCUT2D eigenvalue weighted by molar-refractivity contribution is -0.318. The molecule has 130 valence electrons. The standard InChI is InChI=1S/C16H18F3N3O2/c1-14(2)7-22(8-15(3,24-14)16(17,18)19)13(23)10-4-5-11-12(6-10)21-9-20-11/h4-6,9H,7-8H2,1-3H3,(H,20,21). The molecule has 3 rings (SSSR count). The molecule has 1 aromatic carbocycles. The predicted octanol–water partition coefficient (Wildman–Crippen LogP) is 3.13. The van der Waals surface area contributed by atoms with Crippen LogP contribution in [0.5, 0.6) is 0 Å². The van der Waals surface area contributed by atoms with E-state index < -0.39 is 29.8 Å². The molecular formula is C16H18F3N3O2. The van der Waals surface area contributed by atoms with E-state index in [1.165, 1.54) is 11.2 Å². The summed E-state index contributed by atoms with van der Waals surface area (Å²) in [5.41, 5.74) is -1.84. The lowest BCUT2D eigenvalue weighted by atomic mass is 9.96. The Kier molecular flexibility index (Phi) is 3.63. The van der Waals surface area contributed by atoms with E-state index in [4.69, 9.17) is 4.74 Å². The van der Waals surface area contributed by atoms with E-state index in [1.807, 2.05) is 0 Å². The lowest BCUT2D eigenvalue weighted by Gasteiger charge is -2.48. The SMILES string of the molecule is CC1(C)CN(C(=O)c2ccc3nc[nH]c3c2)CC(C)(C(F)(F)F)O1. The average Bonchev–Trinajstić information content (AvgIpc) is 2.90. The van der Waals surface area contributed by atoms with Gasteiger partial charge in [-0.15, -0.1) is 0 Å². The second-order valence-corrected chi connectivity index (χ2v) is 6.89. The Labute approximate surface area is 136 Å². The fraction of sp³-hybridized carbons (Fsp3) is 0.500. The number of benzene rings is 1. The van der Waals surface area contributed by atoms with Crippen molar-refractivity contribution in [1.29, 1.82) is 0 Å². The first kappa shape index (κ1) is 16.8. The summed E-state index contributed by atoms with van der Waals surface area (Å²) in [7, 11) is 0. The Morgan fingerprint density at radius 2 is 2.00 bits per heavy atom. The normalized spacial score (nSPS) is 24.3. The van der Waals surface area contributed by atoms with Gasteiger partial charge in [-0.1, -0.05) is 0 Å². The number of hydrogen-bond acceptors (Lipinski definition) is 3. The largest absolute Gasteiger partial charge is 0.418 e. The summed E-state index contributed by atoms with van der Waals surface area (Å²) in [6, 6.07) is 4.82. The minimum atomic E-state index is -4.57. The molecule has 1 aliphatic rings. The third-order valence-electron chi connectivity index (χ3n) is 4.12. The monoisotopic (exact) mass is 341 g/mol. The van der Waals surface area contributed by atoms with Crippen molar-refractivity contribution in [3.63, 3.8) is 0 Å². The van der Waals surface area contributed by atoms with Gasteiger partial charge in [0.1, 0.15) is 0 Å². The number of hydrogen-bond donors (Lipinski definition) is 1. The molecule has 1 fully saturated rings. The van der Waals surface area contributed by atoms with Crippen LogP contribution < -0.4 is 0 Å². The van der Waals surface area contributed by atoms with Gasteiger partial charge in [0.15, 0.2) is 5.60 Å². The fourth-order valence-electron chi connectivity index (χ4n) is 3.10. The van der Waals surface area contributed by atoms with Crippen LogP contribution in [0.2, 0.25) is 0 Å². The van der Waals surface area contributed by atoms with Crippen LogP contribution in [0.3, 0.4) is 0 Å². The van der Waals surface area contributed by atoms with Crippen molar-refractivity contribution in [2.45, 2.75) is 38.1 Å². The number of amides is 1. The maximum atomic E-state index is 13.4. The minimum absolute atomic E-state index is 0.0819. The Balaban J connectivity index is 1.93. The van der Waals surface area contributed by atoms with Crippen LogP contribution in [0.15, 0.2) is 24.5 Å². The second-order valence-electron chi connectivity index (χ2n) is 6.89. The van der Waals surface area contributed by atoms with Gasteiger partial charge in [0.2, 0.25) is 0 Å². The average molecular weight is 341 g/mol. The molecule has 1 N–H and O–H groups in total. The maximum absolute atomic E-state index is 13.4. The van der Waals surface area contributed by atoms with Crippen LogP contribution in [0.25, 0.3) is 11.0 Å². The highest BCUT2D eigenvalue weighted by molar-refractivity contribution is 5.97. The number of alkyl halides is 3. The Morgan fingerprint density at radius 1 is 1.29 bits per heavy atom. The molecule has 1 aromatic heterocycles. The van der Waals surface area contributed by atoms with E-state index in [2.05, 4.69) is 9.97 Å². The van der Waals surface area contributed by atoms with Gasteiger partial charge < -0.3 is 14.6 Å². The van der Waals surface area contributed by atoms with Gasteiger partial charge in [0, 0.05) is 12.1 Å². The number of H-pyrrole nitrogens is 1. The number of carbonyl (C=O) groups is 1. The highest BCUT2D eigenvalue weighted by Crippen LogP contribution is 2.40. The quantitative estimate of drug-likeness (QED) is 0.867.